The maximum atomic E-state index is 13.8. The number of amides is 2. The molecule has 1 N–H and O–H groups in total. The molecule has 1 atom stereocenters. The third-order valence-corrected chi connectivity index (χ3v) is 5.53. The van der Waals surface area contributed by atoms with Gasteiger partial charge in [-0.25, -0.2) is 4.39 Å². The SMILES string of the molecule is CC(C)(C)C(COc1ccccc1F)NC(=O)C1CCN(C(=O)c2ccoc2)CC1. The highest BCUT2D eigenvalue weighted by molar-refractivity contribution is 5.94. The van der Waals surface area contributed by atoms with Crippen LogP contribution in [-0.2, 0) is 4.79 Å². The highest BCUT2D eigenvalue weighted by Gasteiger charge is 2.32. The summed E-state index contributed by atoms with van der Waals surface area (Å²) in [7, 11) is 0. The van der Waals surface area contributed by atoms with E-state index in [0.29, 0.717) is 31.5 Å². The smallest absolute Gasteiger partial charge is 0.257 e. The van der Waals surface area contributed by atoms with Crippen molar-refractivity contribution < 1.29 is 23.1 Å². The number of hydrogen-bond acceptors (Lipinski definition) is 4. The summed E-state index contributed by atoms with van der Waals surface area (Å²) in [5, 5.41) is 3.08. The second-order valence-corrected chi connectivity index (χ2v) is 8.75. The molecule has 162 valence electrons. The number of furan rings is 1. The molecule has 0 saturated carbocycles. The fourth-order valence-corrected chi connectivity index (χ4v) is 3.45. The second kappa shape index (κ2) is 9.32. The average molecular weight is 416 g/mol. The predicted octanol–water partition coefficient (Wildman–Crippen LogP) is 3.88. The largest absolute Gasteiger partial charge is 0.488 e. The molecule has 2 amide bonds. The first kappa shape index (κ1) is 21.9. The molecule has 1 aromatic heterocycles. The number of piperidine rings is 1. The van der Waals surface area contributed by atoms with Gasteiger partial charge in [-0.1, -0.05) is 32.9 Å². The van der Waals surface area contributed by atoms with E-state index in [9.17, 15) is 14.0 Å². The van der Waals surface area contributed by atoms with Gasteiger partial charge < -0.3 is 19.4 Å². The number of benzene rings is 1. The first-order chi connectivity index (χ1) is 14.3. The Morgan fingerprint density at radius 2 is 1.93 bits per heavy atom. The van der Waals surface area contributed by atoms with Crippen molar-refractivity contribution in [3.63, 3.8) is 0 Å². The summed E-state index contributed by atoms with van der Waals surface area (Å²) in [6.45, 7) is 7.24. The van der Waals surface area contributed by atoms with E-state index in [1.165, 1.54) is 18.6 Å². The quantitative estimate of drug-likeness (QED) is 0.776. The van der Waals surface area contributed by atoms with Crippen LogP contribution in [0, 0.1) is 17.2 Å². The maximum absolute atomic E-state index is 13.8. The van der Waals surface area contributed by atoms with Gasteiger partial charge in [-0.3, -0.25) is 9.59 Å². The van der Waals surface area contributed by atoms with Gasteiger partial charge in [-0.05, 0) is 36.5 Å². The lowest BCUT2D eigenvalue weighted by atomic mass is 9.86. The van der Waals surface area contributed by atoms with E-state index in [2.05, 4.69) is 5.32 Å². The molecule has 7 heteroatoms. The first-order valence-electron chi connectivity index (χ1n) is 10.2. The zero-order valence-corrected chi connectivity index (χ0v) is 17.7. The molecule has 1 fully saturated rings. The lowest BCUT2D eigenvalue weighted by Crippen LogP contribution is -2.51. The van der Waals surface area contributed by atoms with Crippen molar-refractivity contribution in [3.8, 4) is 5.75 Å². The summed E-state index contributed by atoms with van der Waals surface area (Å²) in [4.78, 5) is 27.0. The Labute approximate surface area is 176 Å². The van der Waals surface area contributed by atoms with Gasteiger partial charge in [0.05, 0.1) is 17.9 Å². The normalized spacial score (nSPS) is 16.2. The summed E-state index contributed by atoms with van der Waals surface area (Å²) in [6.07, 6.45) is 4.11. The Balaban J connectivity index is 1.54. The fraction of sp³-hybridized carbons (Fsp3) is 0.478. The van der Waals surface area contributed by atoms with Gasteiger partial charge in [0.25, 0.3) is 5.91 Å². The number of halogens is 1. The summed E-state index contributed by atoms with van der Waals surface area (Å²) in [6, 6.07) is 7.60. The van der Waals surface area contributed by atoms with Crippen LogP contribution >= 0.6 is 0 Å². The number of hydrogen-bond donors (Lipinski definition) is 1. The van der Waals surface area contributed by atoms with Gasteiger partial charge in [-0.15, -0.1) is 0 Å². The number of ether oxygens (including phenoxy) is 1. The molecule has 0 radical (unpaired) electrons. The van der Waals surface area contributed by atoms with Crippen LogP contribution in [0.25, 0.3) is 0 Å². The topological polar surface area (TPSA) is 71.8 Å². The van der Waals surface area contributed by atoms with Crippen LogP contribution in [0.4, 0.5) is 4.39 Å². The number of nitrogens with zero attached hydrogens (tertiary/aromatic N) is 1. The van der Waals surface area contributed by atoms with Crippen LogP contribution in [0.2, 0.25) is 0 Å². The fourth-order valence-electron chi connectivity index (χ4n) is 3.45. The van der Waals surface area contributed by atoms with Gasteiger partial charge in [0.15, 0.2) is 11.6 Å². The van der Waals surface area contributed by atoms with Gasteiger partial charge in [0.2, 0.25) is 5.91 Å². The standard InChI is InChI=1S/C23H29FN2O4/c1-23(2,3)20(15-30-19-7-5-4-6-18(19)24)25-21(27)16-8-11-26(12-9-16)22(28)17-10-13-29-14-17/h4-7,10,13-14,16,20H,8-9,11-12,15H2,1-3H3,(H,25,27). The van der Waals surface area contributed by atoms with Crippen molar-refractivity contribution in [1.82, 2.24) is 10.2 Å². The van der Waals surface area contributed by atoms with Crippen LogP contribution in [0.5, 0.6) is 5.75 Å². The lowest BCUT2D eigenvalue weighted by Gasteiger charge is -2.35. The average Bonchev–Trinajstić information content (AvgIpc) is 3.25. The van der Waals surface area contributed by atoms with Crippen LogP contribution in [0.3, 0.4) is 0 Å². The Bertz CT molecular complexity index is 852. The molecule has 2 aromatic rings. The third-order valence-electron chi connectivity index (χ3n) is 5.53. The van der Waals surface area contributed by atoms with Crippen LogP contribution in [0.15, 0.2) is 47.3 Å². The molecule has 6 nitrogen and oxygen atoms in total. The molecule has 1 saturated heterocycles. The Kier molecular flexibility index (Phi) is 6.80. The summed E-state index contributed by atoms with van der Waals surface area (Å²) >= 11 is 0. The second-order valence-electron chi connectivity index (χ2n) is 8.75. The lowest BCUT2D eigenvalue weighted by molar-refractivity contribution is -0.128. The van der Waals surface area contributed by atoms with E-state index in [4.69, 9.17) is 9.15 Å². The van der Waals surface area contributed by atoms with Crippen LogP contribution in [0.1, 0.15) is 44.0 Å². The van der Waals surface area contributed by atoms with E-state index in [1.807, 2.05) is 20.8 Å². The van der Waals surface area contributed by atoms with E-state index in [0.717, 1.165) is 0 Å². The molecule has 1 aliphatic rings. The monoisotopic (exact) mass is 416 g/mol. The van der Waals surface area contributed by atoms with Crippen molar-refractivity contribution in [1.29, 1.82) is 0 Å². The number of likely N-dealkylation sites (tertiary alicyclic amines) is 1. The zero-order chi connectivity index (χ0) is 21.7. The number of para-hydroxylation sites is 1. The van der Waals surface area contributed by atoms with Crippen molar-refractivity contribution in [3.05, 3.63) is 54.2 Å². The minimum atomic E-state index is -0.425. The molecular weight excluding hydrogens is 387 g/mol. The zero-order valence-electron chi connectivity index (χ0n) is 17.7. The van der Waals surface area contributed by atoms with Crippen molar-refractivity contribution in [2.75, 3.05) is 19.7 Å². The molecule has 1 aromatic carbocycles. The predicted molar refractivity (Wildman–Crippen MR) is 111 cm³/mol. The Hall–Kier alpha value is -2.83. The molecule has 1 unspecified atom stereocenters. The minimum absolute atomic E-state index is 0.0533. The molecule has 30 heavy (non-hydrogen) atoms. The van der Waals surface area contributed by atoms with E-state index >= 15 is 0 Å². The molecule has 2 heterocycles. The highest BCUT2D eigenvalue weighted by Crippen LogP contribution is 2.24. The maximum Gasteiger partial charge on any atom is 0.257 e. The Morgan fingerprint density at radius 3 is 2.53 bits per heavy atom. The highest BCUT2D eigenvalue weighted by atomic mass is 19.1. The van der Waals surface area contributed by atoms with E-state index < -0.39 is 5.82 Å². The first-order valence-corrected chi connectivity index (χ1v) is 10.2. The summed E-state index contributed by atoms with van der Waals surface area (Å²) in [5.41, 5.74) is 0.259. The number of nitrogens with one attached hydrogen (secondary N) is 1. The van der Waals surface area contributed by atoms with Crippen molar-refractivity contribution >= 4 is 11.8 Å². The minimum Gasteiger partial charge on any atom is -0.488 e. The third kappa shape index (κ3) is 5.40. The molecule has 0 bridgehead atoms. The van der Waals surface area contributed by atoms with Crippen molar-refractivity contribution in [2.45, 2.75) is 39.7 Å². The molecule has 3 rings (SSSR count). The van der Waals surface area contributed by atoms with Crippen LogP contribution < -0.4 is 10.1 Å². The Morgan fingerprint density at radius 1 is 1.23 bits per heavy atom. The van der Waals surface area contributed by atoms with Gasteiger partial charge >= 0.3 is 0 Å². The van der Waals surface area contributed by atoms with E-state index in [1.54, 1.807) is 29.2 Å². The molecule has 0 aliphatic carbocycles. The molecular formula is C23H29FN2O4. The van der Waals surface area contributed by atoms with Gasteiger partial charge in [-0.2, -0.15) is 0 Å². The van der Waals surface area contributed by atoms with Gasteiger partial charge in [0.1, 0.15) is 12.9 Å². The number of carbonyl (C=O) groups excluding carboxylic acids is 2. The van der Waals surface area contributed by atoms with Gasteiger partial charge in [0, 0.05) is 19.0 Å². The number of carbonyl (C=O) groups is 2. The molecule has 1 aliphatic heterocycles. The van der Waals surface area contributed by atoms with Crippen LogP contribution in [-0.4, -0.2) is 42.5 Å². The van der Waals surface area contributed by atoms with Crippen molar-refractivity contribution in [2.24, 2.45) is 11.3 Å². The van der Waals surface area contributed by atoms with E-state index in [-0.39, 0.29) is 41.5 Å². The summed E-state index contributed by atoms with van der Waals surface area (Å²) < 4.78 is 24.5. The molecule has 0 spiro atoms. The number of rotatable bonds is 6. The summed E-state index contributed by atoms with van der Waals surface area (Å²) in [5.74, 6) is -0.550.